The smallest absolute Gasteiger partial charge is 0.356 e. The van der Waals surface area contributed by atoms with Gasteiger partial charge in [0.1, 0.15) is 0 Å². The van der Waals surface area contributed by atoms with E-state index in [1.54, 1.807) is 7.05 Å². The van der Waals surface area contributed by atoms with Crippen molar-refractivity contribution in [2.75, 3.05) is 33.2 Å². The number of likely N-dealkylation sites (tertiary alicyclic amines) is 1. The minimum atomic E-state index is -4.12. The molecule has 0 radical (unpaired) electrons. The number of aliphatic imine (C=N–C) groups is 1. The molecule has 0 amide bonds. The Morgan fingerprint density at radius 2 is 2.12 bits per heavy atom. The Kier molecular flexibility index (Phi) is 6.48. The highest BCUT2D eigenvalue weighted by molar-refractivity contribution is 5.79. The Morgan fingerprint density at radius 1 is 1.33 bits per heavy atom. The molecular formula is C17H25F3N4. The van der Waals surface area contributed by atoms with Crippen molar-refractivity contribution in [3.8, 4) is 0 Å². The Labute approximate surface area is 141 Å². The summed E-state index contributed by atoms with van der Waals surface area (Å²) in [5, 5.41) is 6.44. The minimum absolute atomic E-state index is 0.213. The standard InChI is InChI=1S/C17H25F3N4/c1-13-4-3-5-14(8-13)9-22-16(21-2)23-10-15-6-7-24(11-15)12-17(18,19)20/h3-5,8,15H,6-7,9-12H2,1-2H3,(H2,21,22,23). The maximum atomic E-state index is 12.4. The quantitative estimate of drug-likeness (QED) is 0.638. The average molecular weight is 342 g/mol. The number of rotatable bonds is 5. The van der Waals surface area contributed by atoms with Gasteiger partial charge in [0.25, 0.3) is 0 Å². The average Bonchev–Trinajstić information content (AvgIpc) is 2.93. The largest absolute Gasteiger partial charge is 0.401 e. The third-order valence-corrected chi connectivity index (χ3v) is 4.10. The fourth-order valence-corrected chi connectivity index (χ4v) is 2.95. The van der Waals surface area contributed by atoms with Crippen LogP contribution in [0.4, 0.5) is 13.2 Å². The minimum Gasteiger partial charge on any atom is -0.356 e. The molecule has 1 heterocycles. The van der Waals surface area contributed by atoms with Crippen molar-refractivity contribution in [1.29, 1.82) is 0 Å². The number of hydrogen-bond acceptors (Lipinski definition) is 2. The first-order valence-corrected chi connectivity index (χ1v) is 8.15. The highest BCUT2D eigenvalue weighted by Gasteiger charge is 2.34. The molecule has 1 aromatic rings. The second-order valence-corrected chi connectivity index (χ2v) is 6.30. The summed E-state index contributed by atoms with van der Waals surface area (Å²) in [5.41, 5.74) is 2.36. The number of alkyl halides is 3. The van der Waals surface area contributed by atoms with Crippen LogP contribution < -0.4 is 10.6 Å². The van der Waals surface area contributed by atoms with E-state index >= 15 is 0 Å². The number of halogens is 3. The lowest BCUT2D eigenvalue weighted by Gasteiger charge is -2.18. The van der Waals surface area contributed by atoms with Crippen LogP contribution >= 0.6 is 0 Å². The van der Waals surface area contributed by atoms with Crippen molar-refractivity contribution in [3.05, 3.63) is 35.4 Å². The van der Waals surface area contributed by atoms with Crippen LogP contribution in [0.5, 0.6) is 0 Å². The normalized spacial score (nSPS) is 19.5. The van der Waals surface area contributed by atoms with E-state index in [4.69, 9.17) is 0 Å². The van der Waals surface area contributed by atoms with Crippen molar-refractivity contribution in [1.82, 2.24) is 15.5 Å². The summed E-state index contributed by atoms with van der Waals surface area (Å²) in [6, 6.07) is 8.20. The zero-order chi connectivity index (χ0) is 17.6. The first-order valence-electron chi connectivity index (χ1n) is 8.15. The van der Waals surface area contributed by atoms with E-state index < -0.39 is 12.7 Å². The van der Waals surface area contributed by atoms with Gasteiger partial charge in [-0.1, -0.05) is 29.8 Å². The van der Waals surface area contributed by atoms with Gasteiger partial charge >= 0.3 is 6.18 Å². The van der Waals surface area contributed by atoms with Crippen molar-refractivity contribution >= 4 is 5.96 Å². The Morgan fingerprint density at radius 3 is 2.79 bits per heavy atom. The molecule has 1 unspecified atom stereocenters. The number of hydrogen-bond donors (Lipinski definition) is 2. The van der Waals surface area contributed by atoms with Crippen LogP contribution in [0.2, 0.25) is 0 Å². The van der Waals surface area contributed by atoms with E-state index in [1.807, 2.05) is 25.1 Å². The van der Waals surface area contributed by atoms with E-state index in [0.717, 1.165) is 12.0 Å². The van der Waals surface area contributed by atoms with Crippen molar-refractivity contribution in [2.24, 2.45) is 10.9 Å². The van der Waals surface area contributed by atoms with Gasteiger partial charge in [-0.05, 0) is 31.4 Å². The zero-order valence-corrected chi connectivity index (χ0v) is 14.2. The molecule has 2 rings (SSSR count). The van der Waals surface area contributed by atoms with Gasteiger partial charge in [-0.2, -0.15) is 13.2 Å². The van der Waals surface area contributed by atoms with E-state index in [9.17, 15) is 13.2 Å². The molecule has 0 spiro atoms. The number of aryl methyl sites for hydroxylation is 1. The fourth-order valence-electron chi connectivity index (χ4n) is 2.95. The Bertz CT molecular complexity index is 557. The van der Waals surface area contributed by atoms with Crippen LogP contribution in [0.3, 0.4) is 0 Å². The summed E-state index contributed by atoms with van der Waals surface area (Å²) in [7, 11) is 1.69. The lowest BCUT2D eigenvalue weighted by molar-refractivity contribution is -0.143. The molecule has 1 aliphatic rings. The summed E-state index contributed by atoms with van der Waals surface area (Å²) in [6.45, 7) is 3.49. The van der Waals surface area contributed by atoms with Gasteiger partial charge in [-0.25, -0.2) is 0 Å². The molecule has 0 bridgehead atoms. The topological polar surface area (TPSA) is 39.7 Å². The summed E-state index contributed by atoms with van der Waals surface area (Å²) < 4.78 is 37.2. The monoisotopic (exact) mass is 342 g/mol. The van der Waals surface area contributed by atoms with Crippen molar-refractivity contribution in [2.45, 2.75) is 26.1 Å². The summed E-state index contributed by atoms with van der Waals surface area (Å²) in [5.74, 6) is 0.885. The maximum absolute atomic E-state index is 12.4. The molecule has 1 fully saturated rings. The number of nitrogens with one attached hydrogen (secondary N) is 2. The number of guanidine groups is 1. The van der Waals surface area contributed by atoms with Gasteiger partial charge in [0.2, 0.25) is 0 Å². The summed E-state index contributed by atoms with van der Waals surface area (Å²) in [6.07, 6.45) is -3.34. The van der Waals surface area contributed by atoms with Crippen molar-refractivity contribution < 1.29 is 13.2 Å². The lowest BCUT2D eigenvalue weighted by Crippen LogP contribution is -2.40. The van der Waals surface area contributed by atoms with Gasteiger partial charge in [0.15, 0.2) is 5.96 Å². The van der Waals surface area contributed by atoms with Gasteiger partial charge in [0, 0.05) is 26.7 Å². The molecule has 1 aliphatic heterocycles. The van der Waals surface area contributed by atoms with E-state index in [1.165, 1.54) is 10.5 Å². The summed E-state index contributed by atoms with van der Waals surface area (Å²) in [4.78, 5) is 5.63. The second kappa shape index (κ2) is 8.37. The molecule has 4 nitrogen and oxygen atoms in total. The third-order valence-electron chi connectivity index (χ3n) is 4.10. The van der Waals surface area contributed by atoms with Crippen LogP contribution in [-0.4, -0.2) is 50.3 Å². The van der Waals surface area contributed by atoms with Gasteiger partial charge < -0.3 is 10.6 Å². The molecule has 1 saturated heterocycles. The Balaban J connectivity index is 1.72. The molecule has 24 heavy (non-hydrogen) atoms. The predicted molar refractivity (Wildman–Crippen MR) is 90.0 cm³/mol. The second-order valence-electron chi connectivity index (χ2n) is 6.30. The van der Waals surface area contributed by atoms with Crippen LogP contribution in [0.1, 0.15) is 17.5 Å². The fraction of sp³-hybridized carbons (Fsp3) is 0.588. The predicted octanol–water partition coefficient (Wildman–Crippen LogP) is 2.54. The highest BCUT2D eigenvalue weighted by Crippen LogP contribution is 2.22. The SMILES string of the molecule is CN=C(NCc1cccc(C)c1)NCC1CCN(CC(F)(F)F)C1. The zero-order valence-electron chi connectivity index (χ0n) is 14.2. The van der Waals surface area contributed by atoms with E-state index in [-0.39, 0.29) is 5.92 Å². The molecule has 0 aliphatic carbocycles. The highest BCUT2D eigenvalue weighted by atomic mass is 19.4. The number of benzene rings is 1. The molecule has 0 saturated carbocycles. The molecule has 7 heteroatoms. The van der Waals surface area contributed by atoms with Crippen LogP contribution in [0.25, 0.3) is 0 Å². The third kappa shape index (κ3) is 6.39. The van der Waals surface area contributed by atoms with Crippen LogP contribution in [0, 0.1) is 12.8 Å². The Hall–Kier alpha value is -1.76. The molecule has 1 atom stereocenters. The van der Waals surface area contributed by atoms with E-state index in [2.05, 4.69) is 21.7 Å². The molecule has 0 aromatic heterocycles. The first-order chi connectivity index (χ1) is 11.4. The van der Waals surface area contributed by atoms with Gasteiger partial charge in [0.05, 0.1) is 6.54 Å². The summed E-state index contributed by atoms with van der Waals surface area (Å²) >= 11 is 0. The molecule has 2 N–H and O–H groups in total. The maximum Gasteiger partial charge on any atom is 0.401 e. The van der Waals surface area contributed by atoms with Gasteiger partial charge in [-0.3, -0.25) is 9.89 Å². The van der Waals surface area contributed by atoms with Gasteiger partial charge in [-0.15, -0.1) is 0 Å². The van der Waals surface area contributed by atoms with Crippen LogP contribution in [-0.2, 0) is 6.54 Å². The molecule has 1 aromatic carbocycles. The molecular weight excluding hydrogens is 317 g/mol. The lowest BCUT2D eigenvalue weighted by atomic mass is 10.1. The number of nitrogens with zero attached hydrogens (tertiary/aromatic N) is 2. The van der Waals surface area contributed by atoms with Crippen LogP contribution in [0.15, 0.2) is 29.3 Å². The molecule has 134 valence electrons. The van der Waals surface area contributed by atoms with Crippen molar-refractivity contribution in [3.63, 3.8) is 0 Å². The van der Waals surface area contributed by atoms with E-state index in [0.29, 0.717) is 32.1 Å². The first kappa shape index (κ1) is 18.6.